The van der Waals surface area contributed by atoms with Crippen molar-refractivity contribution in [1.82, 2.24) is 14.9 Å². The first-order chi connectivity index (χ1) is 13.1. The van der Waals surface area contributed by atoms with Crippen LogP contribution in [0.25, 0.3) is 10.2 Å². The number of piperazine rings is 1. The van der Waals surface area contributed by atoms with Gasteiger partial charge in [-0.2, -0.15) is 0 Å². The Morgan fingerprint density at radius 2 is 1.85 bits per heavy atom. The molecule has 140 valence electrons. The van der Waals surface area contributed by atoms with Crippen molar-refractivity contribution < 1.29 is 4.79 Å². The van der Waals surface area contributed by atoms with Gasteiger partial charge in [-0.25, -0.2) is 9.97 Å². The molecule has 27 heavy (non-hydrogen) atoms. The van der Waals surface area contributed by atoms with Gasteiger partial charge in [0.15, 0.2) is 0 Å². The van der Waals surface area contributed by atoms with Crippen LogP contribution in [0.5, 0.6) is 0 Å². The Bertz CT molecular complexity index is 948. The van der Waals surface area contributed by atoms with Gasteiger partial charge in [-0.05, 0) is 31.5 Å². The third-order valence-electron chi connectivity index (χ3n) is 5.04. The minimum atomic E-state index is 0.0309. The molecule has 0 aliphatic carbocycles. The van der Waals surface area contributed by atoms with Crippen LogP contribution in [0.3, 0.4) is 0 Å². The molecule has 1 aliphatic rings. The molecule has 1 aromatic carbocycles. The lowest BCUT2D eigenvalue weighted by Gasteiger charge is -2.35. The summed E-state index contributed by atoms with van der Waals surface area (Å²) in [6.45, 7) is 8.10. The number of nitrogens with zero attached hydrogens (tertiary/aromatic N) is 4. The number of hydrogen-bond donors (Lipinski definition) is 1. The van der Waals surface area contributed by atoms with Crippen molar-refractivity contribution in [2.75, 3.05) is 42.9 Å². The lowest BCUT2D eigenvalue weighted by molar-refractivity contribution is -0.117. The number of rotatable bonds is 4. The van der Waals surface area contributed by atoms with E-state index in [1.807, 2.05) is 30.3 Å². The summed E-state index contributed by atoms with van der Waals surface area (Å²) in [6, 6.07) is 9.59. The molecule has 7 heteroatoms. The summed E-state index contributed by atoms with van der Waals surface area (Å²) >= 11 is 1.73. The summed E-state index contributed by atoms with van der Waals surface area (Å²) in [7, 11) is 0. The van der Waals surface area contributed by atoms with E-state index in [0.717, 1.165) is 42.5 Å². The summed E-state index contributed by atoms with van der Waals surface area (Å²) in [4.78, 5) is 28.1. The number of hydrogen-bond acceptors (Lipinski definition) is 6. The summed E-state index contributed by atoms with van der Waals surface area (Å²) in [5.74, 6) is 1.05. The zero-order valence-electron chi connectivity index (χ0n) is 15.6. The Morgan fingerprint density at radius 1 is 1.11 bits per heavy atom. The SMILES string of the molecule is Cc1sc2ncnc(N3CCN(CC(=O)Nc4ccccc4)CC3)c2c1C. The Kier molecular flexibility index (Phi) is 5.05. The second-order valence-corrected chi connectivity index (χ2v) is 8.04. The second-order valence-electron chi connectivity index (χ2n) is 6.84. The molecular weight excluding hydrogens is 358 g/mol. The predicted molar refractivity (Wildman–Crippen MR) is 111 cm³/mol. The molecule has 0 spiro atoms. The number of aryl methyl sites for hydroxylation is 2. The van der Waals surface area contributed by atoms with Crippen LogP contribution in [0, 0.1) is 13.8 Å². The van der Waals surface area contributed by atoms with E-state index >= 15 is 0 Å². The molecule has 2 aromatic heterocycles. The molecule has 1 fully saturated rings. The van der Waals surface area contributed by atoms with Crippen LogP contribution < -0.4 is 10.2 Å². The molecular formula is C20H23N5OS. The van der Waals surface area contributed by atoms with Crippen LogP contribution in [0.15, 0.2) is 36.7 Å². The first-order valence-electron chi connectivity index (χ1n) is 9.14. The highest BCUT2D eigenvalue weighted by Crippen LogP contribution is 2.34. The van der Waals surface area contributed by atoms with Crippen molar-refractivity contribution in [3.05, 3.63) is 47.1 Å². The Balaban J connectivity index is 1.39. The fourth-order valence-electron chi connectivity index (χ4n) is 3.45. The van der Waals surface area contributed by atoms with Gasteiger partial charge in [0.2, 0.25) is 5.91 Å². The number of para-hydroxylation sites is 1. The number of nitrogens with one attached hydrogen (secondary N) is 1. The van der Waals surface area contributed by atoms with Crippen LogP contribution >= 0.6 is 11.3 Å². The van der Waals surface area contributed by atoms with E-state index in [4.69, 9.17) is 0 Å². The van der Waals surface area contributed by atoms with Gasteiger partial charge in [-0.3, -0.25) is 9.69 Å². The van der Waals surface area contributed by atoms with E-state index in [2.05, 4.69) is 38.9 Å². The van der Waals surface area contributed by atoms with Gasteiger partial charge in [-0.1, -0.05) is 18.2 Å². The van der Waals surface area contributed by atoms with Gasteiger partial charge in [0.05, 0.1) is 11.9 Å². The Hall–Kier alpha value is -2.51. The average molecular weight is 382 g/mol. The third kappa shape index (κ3) is 3.79. The minimum absolute atomic E-state index is 0.0309. The molecule has 1 aliphatic heterocycles. The number of fused-ring (bicyclic) bond motifs is 1. The van der Waals surface area contributed by atoms with E-state index in [9.17, 15) is 4.79 Å². The zero-order chi connectivity index (χ0) is 18.8. The van der Waals surface area contributed by atoms with E-state index in [1.165, 1.54) is 15.8 Å². The molecule has 4 rings (SSSR count). The first kappa shape index (κ1) is 17.9. The van der Waals surface area contributed by atoms with Crippen LogP contribution in [-0.4, -0.2) is 53.5 Å². The fourth-order valence-corrected chi connectivity index (χ4v) is 4.44. The van der Waals surface area contributed by atoms with E-state index in [-0.39, 0.29) is 5.91 Å². The lowest BCUT2D eigenvalue weighted by Crippen LogP contribution is -2.49. The van der Waals surface area contributed by atoms with Crippen molar-refractivity contribution in [2.24, 2.45) is 0 Å². The normalized spacial score (nSPS) is 15.3. The maximum atomic E-state index is 12.3. The number of benzene rings is 1. The molecule has 3 aromatic rings. The Labute approximate surface area is 162 Å². The highest BCUT2D eigenvalue weighted by atomic mass is 32.1. The summed E-state index contributed by atoms with van der Waals surface area (Å²) < 4.78 is 0. The predicted octanol–water partition coefficient (Wildman–Crippen LogP) is 3.07. The van der Waals surface area contributed by atoms with Crippen molar-refractivity contribution in [2.45, 2.75) is 13.8 Å². The zero-order valence-corrected chi connectivity index (χ0v) is 16.4. The highest BCUT2D eigenvalue weighted by Gasteiger charge is 2.23. The number of aromatic nitrogens is 2. The van der Waals surface area contributed by atoms with Crippen molar-refractivity contribution >= 4 is 39.0 Å². The Morgan fingerprint density at radius 3 is 2.59 bits per heavy atom. The number of anilines is 2. The lowest BCUT2D eigenvalue weighted by atomic mass is 10.2. The van der Waals surface area contributed by atoms with E-state index in [1.54, 1.807) is 17.7 Å². The van der Waals surface area contributed by atoms with Gasteiger partial charge in [0.1, 0.15) is 17.0 Å². The maximum absolute atomic E-state index is 12.3. The van der Waals surface area contributed by atoms with E-state index < -0.39 is 0 Å². The van der Waals surface area contributed by atoms with Crippen LogP contribution in [0.1, 0.15) is 10.4 Å². The largest absolute Gasteiger partial charge is 0.353 e. The number of carbonyl (C=O) groups excluding carboxylic acids is 1. The topological polar surface area (TPSA) is 61.4 Å². The molecule has 1 saturated heterocycles. The smallest absolute Gasteiger partial charge is 0.238 e. The molecule has 1 N–H and O–H groups in total. The maximum Gasteiger partial charge on any atom is 0.238 e. The first-order valence-corrected chi connectivity index (χ1v) is 9.96. The van der Waals surface area contributed by atoms with Crippen LogP contribution in [0.4, 0.5) is 11.5 Å². The number of amides is 1. The standard InChI is InChI=1S/C20H23N5OS/c1-14-15(2)27-20-18(14)19(21-13-22-20)25-10-8-24(9-11-25)12-17(26)23-16-6-4-3-5-7-16/h3-7,13H,8-12H2,1-2H3,(H,23,26). The third-order valence-corrected chi connectivity index (χ3v) is 6.16. The second kappa shape index (κ2) is 7.62. The molecule has 0 unspecified atom stereocenters. The van der Waals surface area contributed by atoms with Crippen LogP contribution in [0.2, 0.25) is 0 Å². The van der Waals surface area contributed by atoms with Gasteiger partial charge in [0.25, 0.3) is 0 Å². The van der Waals surface area contributed by atoms with Gasteiger partial charge in [-0.15, -0.1) is 11.3 Å². The molecule has 0 atom stereocenters. The molecule has 1 amide bonds. The van der Waals surface area contributed by atoms with Crippen molar-refractivity contribution in [3.63, 3.8) is 0 Å². The average Bonchev–Trinajstić information content (AvgIpc) is 2.97. The monoisotopic (exact) mass is 381 g/mol. The quantitative estimate of drug-likeness (QED) is 0.753. The number of thiophene rings is 1. The molecule has 0 radical (unpaired) electrons. The molecule has 0 bridgehead atoms. The summed E-state index contributed by atoms with van der Waals surface area (Å²) in [5, 5.41) is 4.13. The van der Waals surface area contributed by atoms with Crippen molar-refractivity contribution in [1.29, 1.82) is 0 Å². The fraction of sp³-hybridized carbons (Fsp3) is 0.350. The van der Waals surface area contributed by atoms with Gasteiger partial charge in [0, 0.05) is 36.7 Å². The van der Waals surface area contributed by atoms with E-state index in [0.29, 0.717) is 6.54 Å². The highest BCUT2D eigenvalue weighted by molar-refractivity contribution is 7.18. The molecule has 0 saturated carbocycles. The van der Waals surface area contributed by atoms with Crippen LogP contribution in [-0.2, 0) is 4.79 Å². The molecule has 6 nitrogen and oxygen atoms in total. The van der Waals surface area contributed by atoms with Crippen molar-refractivity contribution in [3.8, 4) is 0 Å². The summed E-state index contributed by atoms with van der Waals surface area (Å²) in [6.07, 6.45) is 1.66. The minimum Gasteiger partial charge on any atom is -0.353 e. The van der Waals surface area contributed by atoms with Gasteiger partial charge >= 0.3 is 0 Å². The van der Waals surface area contributed by atoms with Gasteiger partial charge < -0.3 is 10.2 Å². The molecule has 3 heterocycles. The number of carbonyl (C=O) groups is 1. The summed E-state index contributed by atoms with van der Waals surface area (Å²) in [5.41, 5.74) is 2.11.